The lowest BCUT2D eigenvalue weighted by Gasteiger charge is -2.40. The van der Waals surface area contributed by atoms with Gasteiger partial charge in [-0.1, -0.05) is 42.4 Å². The van der Waals surface area contributed by atoms with Crippen molar-refractivity contribution in [2.45, 2.75) is 12.5 Å². The van der Waals surface area contributed by atoms with Crippen molar-refractivity contribution in [1.82, 2.24) is 19.9 Å². The van der Waals surface area contributed by atoms with E-state index in [2.05, 4.69) is 21.4 Å². The number of carbonyl (C=O) groups is 1. The van der Waals surface area contributed by atoms with Gasteiger partial charge in [0.15, 0.2) is 5.82 Å². The predicted octanol–water partition coefficient (Wildman–Crippen LogP) is 5.11. The van der Waals surface area contributed by atoms with E-state index in [-0.39, 0.29) is 34.7 Å². The maximum absolute atomic E-state index is 16.4. The molecule has 6 rings (SSSR count). The number of nitrogens with zero attached hydrogens (tertiary/aromatic N) is 7. The molecule has 0 saturated carbocycles. The molecule has 1 atom stereocenters. The lowest BCUT2D eigenvalue weighted by atomic mass is 10.0. The first-order chi connectivity index (χ1) is 19.4. The molecule has 1 amide bonds. The largest absolute Gasteiger partial charge is 0.352 e. The number of amides is 1. The van der Waals surface area contributed by atoms with E-state index in [0.717, 1.165) is 19.5 Å². The Morgan fingerprint density at radius 1 is 1.15 bits per heavy atom. The molecule has 2 saturated heterocycles. The molecule has 2 aliphatic rings. The van der Waals surface area contributed by atoms with Crippen LogP contribution in [0.1, 0.15) is 6.42 Å². The number of aromatic nitrogens is 3. The summed E-state index contributed by atoms with van der Waals surface area (Å²) in [7, 11) is 0. The minimum Gasteiger partial charge on any atom is -0.352 e. The highest BCUT2D eigenvalue weighted by Gasteiger charge is 2.34. The van der Waals surface area contributed by atoms with E-state index in [0.29, 0.717) is 53.1 Å². The third-order valence-corrected chi connectivity index (χ3v) is 7.89. The van der Waals surface area contributed by atoms with Gasteiger partial charge in [0.1, 0.15) is 28.9 Å². The van der Waals surface area contributed by atoms with Gasteiger partial charge >= 0.3 is 0 Å². The van der Waals surface area contributed by atoms with Crippen molar-refractivity contribution in [2.75, 3.05) is 49.1 Å². The van der Waals surface area contributed by atoms with Gasteiger partial charge in [0.25, 0.3) is 0 Å². The Hall–Kier alpha value is -4.36. The summed E-state index contributed by atoms with van der Waals surface area (Å²) < 4.78 is 30.8. The lowest BCUT2D eigenvalue weighted by Crippen LogP contribution is -2.56. The summed E-state index contributed by atoms with van der Waals surface area (Å²) >= 11 is 6.34. The van der Waals surface area contributed by atoms with Crippen LogP contribution < -0.4 is 9.80 Å². The Labute approximate surface area is 234 Å². The van der Waals surface area contributed by atoms with Crippen molar-refractivity contribution in [3.63, 3.8) is 0 Å². The van der Waals surface area contributed by atoms with Gasteiger partial charge in [0, 0.05) is 49.9 Å². The van der Waals surface area contributed by atoms with E-state index in [1.54, 1.807) is 29.2 Å². The van der Waals surface area contributed by atoms with Crippen molar-refractivity contribution in [3.8, 4) is 11.3 Å². The molecule has 2 aromatic heterocycles. The molecule has 0 aliphatic carbocycles. The number of rotatable bonds is 5. The molecule has 0 spiro atoms. The number of anilines is 2. The summed E-state index contributed by atoms with van der Waals surface area (Å²) in [5.41, 5.74) is 0.464. The molecule has 202 valence electrons. The fourth-order valence-corrected chi connectivity index (χ4v) is 5.61. The molecule has 4 aromatic rings. The van der Waals surface area contributed by atoms with Crippen LogP contribution in [-0.2, 0) is 4.79 Å². The van der Waals surface area contributed by atoms with Crippen molar-refractivity contribution in [1.29, 1.82) is 0 Å². The van der Waals surface area contributed by atoms with Gasteiger partial charge in [-0.25, -0.2) is 20.3 Å². The Bertz CT molecular complexity index is 1720. The second-order valence-electron chi connectivity index (χ2n) is 9.81. The molecule has 0 radical (unpaired) electrons. The summed E-state index contributed by atoms with van der Waals surface area (Å²) in [6.45, 7) is 13.7. The molecule has 4 heterocycles. The smallest absolute Gasteiger partial charge is 0.246 e. The zero-order valence-corrected chi connectivity index (χ0v) is 22.2. The minimum absolute atomic E-state index is 0.0112. The van der Waals surface area contributed by atoms with Crippen LogP contribution >= 0.6 is 11.6 Å². The van der Waals surface area contributed by atoms with Gasteiger partial charge in [-0.05, 0) is 23.9 Å². The molecule has 2 aromatic carbocycles. The number of benzene rings is 2. The Morgan fingerprint density at radius 3 is 2.70 bits per heavy atom. The predicted molar refractivity (Wildman–Crippen MR) is 151 cm³/mol. The summed E-state index contributed by atoms with van der Waals surface area (Å²) in [6.07, 6.45) is 3.76. The first kappa shape index (κ1) is 25.9. The molecular formula is C29H24ClF2N7O. The third-order valence-electron chi connectivity index (χ3n) is 7.52. The number of carbonyl (C=O) groups excluding carboxylic acids is 1. The van der Waals surface area contributed by atoms with Gasteiger partial charge in [0.2, 0.25) is 18.4 Å². The molecular weight excluding hydrogens is 536 g/mol. The molecule has 40 heavy (non-hydrogen) atoms. The number of piperazine rings is 1. The summed E-state index contributed by atoms with van der Waals surface area (Å²) in [5.74, 6) is -0.597. The molecule has 0 bridgehead atoms. The van der Waals surface area contributed by atoms with Crippen molar-refractivity contribution in [3.05, 3.63) is 77.3 Å². The Kier molecular flexibility index (Phi) is 6.68. The van der Waals surface area contributed by atoms with E-state index in [1.165, 1.54) is 18.3 Å². The fraction of sp³-hybridized carbons (Fsp3) is 0.276. The average molecular weight is 560 g/mol. The van der Waals surface area contributed by atoms with Gasteiger partial charge in [-0.2, -0.15) is 4.98 Å². The van der Waals surface area contributed by atoms with Crippen LogP contribution in [-0.4, -0.2) is 71.1 Å². The normalized spacial score (nSPS) is 17.1. The monoisotopic (exact) mass is 559 g/mol. The molecule has 8 nitrogen and oxygen atoms in total. The van der Waals surface area contributed by atoms with E-state index >= 15 is 4.39 Å². The van der Waals surface area contributed by atoms with E-state index in [4.69, 9.17) is 23.2 Å². The standard InChI is InChI=1S/C29H24ClF2N7O/c1-3-22(40)39-13-12-38(16-18(39)14-33-2)28-20-15-34-26(25(32)27(20)35-29(36-28)37-10-5-11-37)19-7-4-6-17-8-9-21(31)24(30)23(17)19/h3-4,6-9,15,18H,1,5,10-14,16H2/t18-/m0/s1. The fourth-order valence-electron chi connectivity index (χ4n) is 5.34. The minimum atomic E-state index is -0.658. The molecule has 0 unspecified atom stereocenters. The van der Waals surface area contributed by atoms with Crippen LogP contribution in [0.3, 0.4) is 0 Å². The molecule has 0 N–H and O–H groups in total. The van der Waals surface area contributed by atoms with Crippen molar-refractivity contribution >= 4 is 50.9 Å². The molecule has 2 aliphatic heterocycles. The Morgan fingerprint density at radius 2 is 1.98 bits per heavy atom. The maximum Gasteiger partial charge on any atom is 0.246 e. The summed E-state index contributed by atoms with van der Waals surface area (Å²) in [4.78, 5) is 35.4. The van der Waals surface area contributed by atoms with Gasteiger partial charge in [0.05, 0.1) is 10.4 Å². The molecule has 2 fully saturated rings. The van der Waals surface area contributed by atoms with E-state index in [1.807, 2.05) is 9.80 Å². The van der Waals surface area contributed by atoms with Gasteiger partial charge in [-0.3, -0.25) is 9.78 Å². The Balaban J connectivity index is 1.51. The zero-order chi connectivity index (χ0) is 28.0. The number of hydrogen-bond donors (Lipinski definition) is 0. The van der Waals surface area contributed by atoms with Crippen LogP contribution in [0.5, 0.6) is 0 Å². The van der Waals surface area contributed by atoms with E-state index < -0.39 is 11.6 Å². The van der Waals surface area contributed by atoms with Crippen LogP contribution in [0.25, 0.3) is 37.8 Å². The highest BCUT2D eigenvalue weighted by atomic mass is 35.5. The highest BCUT2D eigenvalue weighted by molar-refractivity contribution is 6.36. The zero-order valence-electron chi connectivity index (χ0n) is 21.4. The topological polar surface area (TPSA) is 69.8 Å². The SMILES string of the molecule is [C-]#[N+]C[C@H]1CN(c2nc(N3CCC3)nc3c(F)c(-c4cccc5ccc(F)c(Cl)c45)ncc23)CCN1C(=O)C=C. The summed E-state index contributed by atoms with van der Waals surface area (Å²) in [5, 5.41) is 1.34. The second-order valence-corrected chi connectivity index (χ2v) is 10.2. The van der Waals surface area contributed by atoms with Crippen LogP contribution in [0, 0.1) is 18.2 Å². The number of fused-ring (bicyclic) bond motifs is 2. The van der Waals surface area contributed by atoms with Crippen molar-refractivity contribution in [2.24, 2.45) is 0 Å². The maximum atomic E-state index is 16.4. The first-order valence-corrected chi connectivity index (χ1v) is 13.3. The third kappa shape index (κ3) is 4.27. The first-order valence-electron chi connectivity index (χ1n) is 12.9. The summed E-state index contributed by atoms with van der Waals surface area (Å²) in [6, 6.07) is 7.68. The van der Waals surface area contributed by atoms with Gasteiger partial charge in [-0.15, -0.1) is 0 Å². The number of hydrogen-bond acceptors (Lipinski definition) is 6. The van der Waals surface area contributed by atoms with E-state index in [9.17, 15) is 9.18 Å². The van der Waals surface area contributed by atoms with Crippen molar-refractivity contribution < 1.29 is 13.6 Å². The van der Waals surface area contributed by atoms with Crippen LogP contribution in [0.2, 0.25) is 5.02 Å². The average Bonchev–Trinajstić information content (AvgIpc) is 2.94. The lowest BCUT2D eigenvalue weighted by molar-refractivity contribution is -0.128. The number of pyridine rings is 1. The quantitative estimate of drug-likeness (QED) is 0.250. The van der Waals surface area contributed by atoms with Gasteiger partial charge < -0.3 is 19.5 Å². The van der Waals surface area contributed by atoms with Crippen LogP contribution in [0.4, 0.5) is 20.5 Å². The highest BCUT2D eigenvalue weighted by Crippen LogP contribution is 2.38. The number of halogens is 3. The van der Waals surface area contributed by atoms with Crippen LogP contribution in [0.15, 0.2) is 49.2 Å². The molecule has 11 heteroatoms. The second kappa shape index (κ2) is 10.3.